The van der Waals surface area contributed by atoms with Gasteiger partial charge in [0.1, 0.15) is 0 Å². The van der Waals surface area contributed by atoms with Crippen molar-refractivity contribution in [3.63, 3.8) is 0 Å². The maximum atomic E-state index is 13.4. The van der Waals surface area contributed by atoms with E-state index in [-0.39, 0.29) is 0 Å². The highest BCUT2D eigenvalue weighted by Gasteiger charge is 2.96. The molecule has 1 aliphatic rings. The Morgan fingerprint density at radius 2 is 0.905 bits per heavy atom. The van der Waals surface area contributed by atoms with Gasteiger partial charge < -0.3 is 0 Å². The van der Waals surface area contributed by atoms with Gasteiger partial charge in [0.25, 0.3) is 0 Å². The lowest BCUT2D eigenvalue weighted by Gasteiger charge is -2.50. The van der Waals surface area contributed by atoms with Gasteiger partial charge in [0, 0.05) is 0 Å². The molecule has 0 amide bonds. The lowest BCUT2D eigenvalue weighted by Crippen LogP contribution is -2.81. The Hall–Kier alpha value is -1.21. The monoisotopic (exact) mass is 345 g/mol. The van der Waals surface area contributed by atoms with Gasteiger partial charge in [-0.3, -0.25) is 0 Å². The number of allylic oxidation sites excluding steroid dienone is 1. The lowest BCUT2D eigenvalue weighted by atomic mass is 9.82. The fourth-order valence-corrected chi connectivity index (χ4v) is 1.44. The van der Waals surface area contributed by atoms with Crippen LogP contribution in [-0.4, -0.2) is 34.7 Å². The average molecular weight is 345 g/mol. The zero-order chi connectivity index (χ0) is 17.2. The fraction of sp³-hybridized carbons (Fsp3) is 0.714. The summed E-state index contributed by atoms with van der Waals surface area (Å²) in [5, 5.41) is -3.71. The molecule has 0 unspecified atom stereocenters. The highest BCUT2D eigenvalue weighted by atomic mass is 19.4. The number of rotatable bonds is 1. The summed E-state index contributed by atoms with van der Waals surface area (Å²) in [7, 11) is 0. The van der Waals surface area contributed by atoms with Gasteiger partial charge in [0.15, 0.2) is 0 Å². The number of nitrogens with zero attached hydrogens (tertiary/aromatic N) is 1. The zero-order valence-electron chi connectivity index (χ0n) is 8.86. The summed E-state index contributed by atoms with van der Waals surface area (Å²) in [6.45, 7) is 0. The predicted octanol–water partition coefficient (Wildman–Crippen LogP) is 4.43. The Labute approximate surface area is 105 Å². The van der Waals surface area contributed by atoms with Gasteiger partial charge >= 0.3 is 35.7 Å². The van der Waals surface area contributed by atoms with Crippen LogP contribution in [0.25, 0.3) is 0 Å². The molecule has 124 valence electrons. The van der Waals surface area contributed by atoms with E-state index >= 15 is 0 Å². The van der Waals surface area contributed by atoms with E-state index < -0.39 is 46.6 Å². The first-order valence-electron chi connectivity index (χ1n) is 4.38. The van der Waals surface area contributed by atoms with E-state index in [0.717, 1.165) is 0 Å². The molecule has 1 fully saturated rings. The number of alkyl halides is 9. The van der Waals surface area contributed by atoms with Gasteiger partial charge in [-0.15, -0.1) is 4.48 Å². The minimum Gasteiger partial charge on any atom is -0.222 e. The molecule has 21 heavy (non-hydrogen) atoms. The van der Waals surface area contributed by atoms with Crippen molar-refractivity contribution in [1.29, 1.82) is 0 Å². The van der Waals surface area contributed by atoms with Crippen LogP contribution in [0.5, 0.6) is 0 Å². The van der Waals surface area contributed by atoms with E-state index in [2.05, 4.69) is 0 Å². The van der Waals surface area contributed by atoms with E-state index in [1.54, 1.807) is 0 Å². The van der Waals surface area contributed by atoms with Crippen molar-refractivity contribution in [1.82, 2.24) is 5.12 Å². The van der Waals surface area contributed by atoms with Gasteiger partial charge in [-0.05, 0) is 5.12 Å². The molecule has 0 aromatic carbocycles. The van der Waals surface area contributed by atoms with Crippen molar-refractivity contribution in [3.8, 4) is 0 Å². The second-order valence-corrected chi connectivity index (χ2v) is 3.74. The maximum Gasteiger partial charge on any atom is 0.401 e. The third-order valence-corrected chi connectivity index (χ3v) is 2.58. The molecular formula is C7F13N. The minimum absolute atomic E-state index is 3.71. The summed E-state index contributed by atoms with van der Waals surface area (Å²) in [4.78, 5) is 0. The van der Waals surface area contributed by atoms with Crippen molar-refractivity contribution in [2.24, 2.45) is 0 Å². The van der Waals surface area contributed by atoms with Crippen molar-refractivity contribution in [2.75, 3.05) is 0 Å². The topological polar surface area (TPSA) is 3.24 Å². The van der Waals surface area contributed by atoms with Crippen LogP contribution in [0.15, 0.2) is 11.9 Å². The van der Waals surface area contributed by atoms with Crippen molar-refractivity contribution >= 4 is 0 Å². The molecule has 0 radical (unpaired) electrons. The van der Waals surface area contributed by atoms with Crippen LogP contribution in [0.3, 0.4) is 0 Å². The molecule has 0 spiro atoms. The molecule has 1 aliphatic heterocycles. The number of halogens is 13. The maximum absolute atomic E-state index is 13.4. The largest absolute Gasteiger partial charge is 0.401 e. The molecule has 0 aromatic heterocycles. The summed E-state index contributed by atoms with van der Waals surface area (Å²) in [6, 6.07) is -14.1. The van der Waals surface area contributed by atoms with Gasteiger partial charge in [0.2, 0.25) is 5.83 Å². The second kappa shape index (κ2) is 4.16. The van der Waals surface area contributed by atoms with Crippen LogP contribution >= 0.6 is 0 Å². The summed E-state index contributed by atoms with van der Waals surface area (Å²) in [5.41, 5.74) is -7.19. The van der Waals surface area contributed by atoms with E-state index in [4.69, 9.17) is 0 Å². The third-order valence-electron chi connectivity index (χ3n) is 2.58. The summed E-state index contributed by atoms with van der Waals surface area (Å²) >= 11 is 0. The first-order valence-corrected chi connectivity index (χ1v) is 4.38. The molecule has 0 atom stereocenters. The van der Waals surface area contributed by atoms with Gasteiger partial charge in [-0.1, -0.05) is 0 Å². The molecule has 0 bridgehead atoms. The third kappa shape index (κ3) is 1.64. The van der Waals surface area contributed by atoms with Crippen LogP contribution in [-0.2, 0) is 0 Å². The molecule has 0 N–H and O–H groups in total. The molecule has 14 heteroatoms. The normalized spacial score (nSPS) is 29.0. The highest BCUT2D eigenvalue weighted by Crippen LogP contribution is 2.66. The molecule has 0 saturated carbocycles. The molecule has 0 aromatic rings. The molecule has 1 nitrogen and oxygen atoms in total. The Bertz CT molecular complexity index is 447. The fourth-order valence-electron chi connectivity index (χ4n) is 1.44. The Balaban J connectivity index is 3.87. The minimum atomic E-state index is -7.30. The van der Waals surface area contributed by atoms with Crippen LogP contribution < -0.4 is 0 Å². The Kier molecular flexibility index (Phi) is 3.54. The van der Waals surface area contributed by atoms with Crippen molar-refractivity contribution in [3.05, 3.63) is 11.9 Å². The molecule has 0 aliphatic carbocycles. The SMILES string of the molecule is FC(F)=C(F)C1(F)C(F)(F)C(F)(F)N(F)C(F)(F)C1(F)F. The molecule has 1 heterocycles. The first kappa shape index (κ1) is 17.8. The lowest BCUT2D eigenvalue weighted by molar-refractivity contribution is -0.515. The van der Waals surface area contributed by atoms with E-state index in [0.29, 0.717) is 0 Å². The Morgan fingerprint density at radius 3 is 1.14 bits per heavy atom. The smallest absolute Gasteiger partial charge is 0.222 e. The van der Waals surface area contributed by atoms with Gasteiger partial charge in [0.05, 0.1) is 0 Å². The van der Waals surface area contributed by atoms with Crippen LogP contribution in [0, 0.1) is 0 Å². The predicted molar refractivity (Wildman–Crippen MR) is 36.9 cm³/mol. The van der Waals surface area contributed by atoms with Crippen molar-refractivity contribution in [2.45, 2.75) is 29.6 Å². The van der Waals surface area contributed by atoms with E-state index in [1.165, 1.54) is 0 Å². The number of piperidine rings is 1. The van der Waals surface area contributed by atoms with E-state index in [9.17, 15) is 57.2 Å². The summed E-state index contributed by atoms with van der Waals surface area (Å²) in [6.07, 6.45) is -4.32. The summed E-state index contributed by atoms with van der Waals surface area (Å²) < 4.78 is 164. The number of hydrogen-bond donors (Lipinski definition) is 0. The Morgan fingerprint density at radius 1 is 0.619 bits per heavy atom. The zero-order valence-corrected chi connectivity index (χ0v) is 8.86. The average Bonchev–Trinajstić information content (AvgIpc) is 2.33. The van der Waals surface area contributed by atoms with Crippen LogP contribution in [0.2, 0.25) is 0 Å². The van der Waals surface area contributed by atoms with Crippen LogP contribution in [0.4, 0.5) is 57.2 Å². The quantitative estimate of drug-likeness (QED) is 0.386. The standard InChI is InChI=1S/C7F13N/c8-1(2(9)10)3(11)4(12,13)6(16,17)21(20)7(18,19)5(3,14)15. The molecule has 1 rings (SSSR count). The summed E-state index contributed by atoms with van der Waals surface area (Å²) in [5.74, 6) is -19.2. The highest BCUT2D eigenvalue weighted by molar-refractivity contribution is 5.29. The first-order chi connectivity index (χ1) is 9.01. The van der Waals surface area contributed by atoms with Crippen molar-refractivity contribution < 1.29 is 57.2 Å². The second-order valence-electron chi connectivity index (χ2n) is 3.74. The van der Waals surface area contributed by atoms with Crippen LogP contribution in [0.1, 0.15) is 0 Å². The molecular weight excluding hydrogens is 345 g/mol. The van der Waals surface area contributed by atoms with Gasteiger partial charge in [-0.25, -0.2) is 8.78 Å². The molecule has 1 saturated heterocycles. The number of hydrogen-bond acceptors (Lipinski definition) is 1. The van der Waals surface area contributed by atoms with E-state index in [1.807, 2.05) is 0 Å². The van der Waals surface area contributed by atoms with Gasteiger partial charge in [-0.2, -0.15) is 43.9 Å².